The summed E-state index contributed by atoms with van der Waals surface area (Å²) in [6.45, 7) is 5.88. The van der Waals surface area contributed by atoms with Gasteiger partial charge in [-0.25, -0.2) is 0 Å². The van der Waals surface area contributed by atoms with E-state index in [1.165, 1.54) is 4.90 Å². The molecule has 0 fully saturated rings. The second kappa shape index (κ2) is 6.86. The van der Waals surface area contributed by atoms with Crippen molar-refractivity contribution in [1.29, 1.82) is 0 Å². The van der Waals surface area contributed by atoms with Gasteiger partial charge in [-0.2, -0.15) is 0 Å². The minimum absolute atomic E-state index is 0.0169. The molecule has 23 heavy (non-hydrogen) atoms. The highest BCUT2D eigenvalue weighted by molar-refractivity contribution is 6.02. The molecule has 1 atom stereocenters. The summed E-state index contributed by atoms with van der Waals surface area (Å²) in [5.41, 5.74) is 2.47. The second-order valence-electron chi connectivity index (χ2n) is 6.31. The number of H-pyrrole nitrogens is 1. The summed E-state index contributed by atoms with van der Waals surface area (Å²) in [6, 6.07) is 7.33. The average molecular weight is 315 g/mol. The number of carbonyl (C=O) groups is 2. The number of aromatic amines is 1. The second-order valence-corrected chi connectivity index (χ2v) is 6.31. The first kappa shape index (κ1) is 17.1. The number of fused-ring (bicyclic) bond motifs is 1. The molecular weight excluding hydrogens is 290 g/mol. The van der Waals surface area contributed by atoms with Crippen molar-refractivity contribution >= 4 is 22.7 Å². The molecule has 1 unspecified atom stereocenters. The molecule has 2 aromatic rings. The third-order valence-corrected chi connectivity index (χ3v) is 4.05. The van der Waals surface area contributed by atoms with Crippen LogP contribution in [0, 0.1) is 5.92 Å². The topological polar surface area (TPSA) is 65.2 Å². The Balaban J connectivity index is 2.34. The standard InChI is InChI=1S/C18H25N3O2/c1-6-12-13-9-7-8-10-14(13)19-16(12)17(22)20-15(11(2)3)18(23)21(4)5/h7-11,15,19H,6H2,1-5H3,(H,20,22). The monoisotopic (exact) mass is 315 g/mol. The number of benzene rings is 1. The number of likely N-dealkylation sites (N-methyl/N-ethyl adjacent to an activating group) is 1. The van der Waals surface area contributed by atoms with Crippen molar-refractivity contribution in [3.8, 4) is 0 Å². The van der Waals surface area contributed by atoms with Crippen molar-refractivity contribution in [3.63, 3.8) is 0 Å². The summed E-state index contributed by atoms with van der Waals surface area (Å²) < 4.78 is 0. The van der Waals surface area contributed by atoms with Crippen LogP contribution >= 0.6 is 0 Å². The Morgan fingerprint density at radius 1 is 1.22 bits per heavy atom. The fraction of sp³-hybridized carbons (Fsp3) is 0.444. The Morgan fingerprint density at radius 2 is 1.87 bits per heavy atom. The zero-order valence-electron chi connectivity index (χ0n) is 14.4. The lowest BCUT2D eigenvalue weighted by molar-refractivity contribution is -0.131. The molecule has 124 valence electrons. The number of aryl methyl sites for hydroxylation is 1. The minimum Gasteiger partial charge on any atom is -0.350 e. The molecule has 0 saturated carbocycles. The normalized spacial score (nSPS) is 12.4. The Hall–Kier alpha value is -2.30. The van der Waals surface area contributed by atoms with Crippen LogP contribution < -0.4 is 5.32 Å². The van der Waals surface area contributed by atoms with Crippen molar-refractivity contribution in [2.24, 2.45) is 5.92 Å². The molecule has 0 bridgehead atoms. The largest absolute Gasteiger partial charge is 0.350 e. The summed E-state index contributed by atoms with van der Waals surface area (Å²) in [5, 5.41) is 3.94. The molecule has 0 radical (unpaired) electrons. The van der Waals surface area contributed by atoms with Gasteiger partial charge in [0.25, 0.3) is 5.91 Å². The van der Waals surface area contributed by atoms with Crippen LogP contribution in [0.4, 0.5) is 0 Å². The lowest BCUT2D eigenvalue weighted by Crippen LogP contribution is -2.49. The van der Waals surface area contributed by atoms with Crippen LogP contribution in [0.15, 0.2) is 24.3 Å². The van der Waals surface area contributed by atoms with Gasteiger partial charge < -0.3 is 15.2 Å². The van der Waals surface area contributed by atoms with Crippen LogP contribution in [0.2, 0.25) is 0 Å². The van der Waals surface area contributed by atoms with Gasteiger partial charge in [0.1, 0.15) is 11.7 Å². The molecule has 5 nitrogen and oxygen atoms in total. The molecule has 1 heterocycles. The van der Waals surface area contributed by atoms with Crippen molar-refractivity contribution in [3.05, 3.63) is 35.5 Å². The fourth-order valence-corrected chi connectivity index (χ4v) is 2.77. The predicted molar refractivity (Wildman–Crippen MR) is 92.5 cm³/mol. The molecule has 1 aromatic heterocycles. The molecule has 0 saturated heterocycles. The van der Waals surface area contributed by atoms with Crippen LogP contribution in [-0.4, -0.2) is 41.8 Å². The van der Waals surface area contributed by atoms with E-state index in [0.717, 1.165) is 22.9 Å². The number of nitrogens with zero attached hydrogens (tertiary/aromatic N) is 1. The smallest absolute Gasteiger partial charge is 0.268 e. The van der Waals surface area contributed by atoms with Crippen molar-refractivity contribution in [2.75, 3.05) is 14.1 Å². The highest BCUT2D eigenvalue weighted by Crippen LogP contribution is 2.23. The number of rotatable bonds is 5. The van der Waals surface area contributed by atoms with E-state index in [0.29, 0.717) is 5.69 Å². The zero-order valence-corrected chi connectivity index (χ0v) is 14.4. The van der Waals surface area contributed by atoms with E-state index in [-0.39, 0.29) is 17.7 Å². The highest BCUT2D eigenvalue weighted by atomic mass is 16.2. The van der Waals surface area contributed by atoms with Crippen LogP contribution in [0.1, 0.15) is 36.8 Å². The van der Waals surface area contributed by atoms with E-state index in [4.69, 9.17) is 0 Å². The minimum atomic E-state index is -0.534. The number of para-hydroxylation sites is 1. The zero-order chi connectivity index (χ0) is 17.1. The number of carbonyl (C=O) groups excluding carboxylic acids is 2. The lowest BCUT2D eigenvalue weighted by Gasteiger charge is -2.24. The van der Waals surface area contributed by atoms with Crippen LogP contribution in [0.25, 0.3) is 10.9 Å². The van der Waals surface area contributed by atoms with E-state index in [1.807, 2.05) is 45.0 Å². The molecule has 0 aliphatic heterocycles. The van der Waals surface area contributed by atoms with Gasteiger partial charge in [0.05, 0.1) is 0 Å². The molecule has 2 rings (SSSR count). The Labute approximate surface area is 137 Å². The number of aromatic nitrogens is 1. The van der Waals surface area contributed by atoms with Crippen LogP contribution in [-0.2, 0) is 11.2 Å². The lowest BCUT2D eigenvalue weighted by atomic mass is 10.0. The first-order valence-corrected chi connectivity index (χ1v) is 7.98. The van der Waals surface area contributed by atoms with Crippen LogP contribution in [0.3, 0.4) is 0 Å². The van der Waals surface area contributed by atoms with Gasteiger partial charge in [-0.3, -0.25) is 9.59 Å². The van der Waals surface area contributed by atoms with E-state index >= 15 is 0 Å². The van der Waals surface area contributed by atoms with Gasteiger partial charge in [-0.05, 0) is 24.0 Å². The molecule has 2 N–H and O–H groups in total. The molecular formula is C18H25N3O2. The van der Waals surface area contributed by atoms with E-state index in [1.54, 1.807) is 14.1 Å². The number of hydrogen-bond acceptors (Lipinski definition) is 2. The van der Waals surface area contributed by atoms with Gasteiger partial charge in [-0.15, -0.1) is 0 Å². The van der Waals surface area contributed by atoms with Crippen molar-refractivity contribution in [1.82, 2.24) is 15.2 Å². The quantitative estimate of drug-likeness (QED) is 0.890. The van der Waals surface area contributed by atoms with Gasteiger partial charge >= 0.3 is 0 Å². The van der Waals surface area contributed by atoms with Crippen molar-refractivity contribution in [2.45, 2.75) is 33.2 Å². The number of amides is 2. The predicted octanol–water partition coefficient (Wildman–Crippen LogP) is 2.57. The molecule has 1 aromatic carbocycles. The maximum atomic E-state index is 12.7. The summed E-state index contributed by atoms with van der Waals surface area (Å²) >= 11 is 0. The molecule has 0 aliphatic carbocycles. The molecule has 0 aliphatic rings. The summed E-state index contributed by atoms with van der Waals surface area (Å²) in [4.78, 5) is 29.7. The third-order valence-electron chi connectivity index (χ3n) is 4.05. The molecule has 2 amide bonds. The van der Waals surface area contributed by atoms with E-state index in [9.17, 15) is 9.59 Å². The van der Waals surface area contributed by atoms with Gasteiger partial charge in [0.2, 0.25) is 5.91 Å². The van der Waals surface area contributed by atoms with E-state index < -0.39 is 6.04 Å². The summed E-state index contributed by atoms with van der Waals surface area (Å²) in [6.07, 6.45) is 0.751. The fourth-order valence-electron chi connectivity index (χ4n) is 2.77. The number of hydrogen-bond donors (Lipinski definition) is 2. The van der Waals surface area contributed by atoms with Crippen molar-refractivity contribution < 1.29 is 9.59 Å². The average Bonchev–Trinajstić information content (AvgIpc) is 2.89. The SMILES string of the molecule is CCc1c(C(=O)NC(C(=O)N(C)C)C(C)C)[nH]c2ccccc12. The Bertz CT molecular complexity index is 716. The Kier molecular flexibility index (Phi) is 5.08. The molecule has 5 heteroatoms. The van der Waals surface area contributed by atoms with Gasteiger partial charge in [-0.1, -0.05) is 39.0 Å². The van der Waals surface area contributed by atoms with Gasteiger partial charge in [0, 0.05) is 25.0 Å². The number of nitrogens with one attached hydrogen (secondary N) is 2. The Morgan fingerprint density at radius 3 is 2.43 bits per heavy atom. The molecule has 0 spiro atoms. The van der Waals surface area contributed by atoms with E-state index in [2.05, 4.69) is 10.3 Å². The maximum Gasteiger partial charge on any atom is 0.268 e. The summed E-state index contributed by atoms with van der Waals surface area (Å²) in [5.74, 6) is -0.308. The van der Waals surface area contributed by atoms with Gasteiger partial charge in [0.15, 0.2) is 0 Å². The maximum absolute atomic E-state index is 12.7. The summed E-state index contributed by atoms with van der Waals surface area (Å²) in [7, 11) is 3.40. The third kappa shape index (κ3) is 3.38. The first-order valence-electron chi connectivity index (χ1n) is 7.98. The first-order chi connectivity index (χ1) is 10.9. The van der Waals surface area contributed by atoms with Crippen LogP contribution in [0.5, 0.6) is 0 Å². The highest BCUT2D eigenvalue weighted by Gasteiger charge is 2.27.